The zero-order valence-corrected chi connectivity index (χ0v) is 22.3. The minimum absolute atomic E-state index is 0.0236. The summed E-state index contributed by atoms with van der Waals surface area (Å²) in [6.07, 6.45) is 1.04. The van der Waals surface area contributed by atoms with E-state index in [-0.39, 0.29) is 31.0 Å². The van der Waals surface area contributed by atoms with Crippen molar-refractivity contribution in [2.24, 2.45) is 12.5 Å². The number of nitrogens with zero attached hydrogens (tertiary/aromatic N) is 6. The van der Waals surface area contributed by atoms with E-state index in [1.165, 1.54) is 35.3 Å². The molecule has 1 fully saturated rings. The molecule has 1 saturated heterocycles. The third-order valence-corrected chi connectivity index (χ3v) is 9.24. The second-order valence-electron chi connectivity index (χ2n) is 10.0. The third kappa shape index (κ3) is 4.56. The molecule has 0 saturated carbocycles. The first kappa shape index (κ1) is 27.0. The lowest BCUT2D eigenvalue weighted by Gasteiger charge is -2.44. The van der Waals surface area contributed by atoms with Crippen molar-refractivity contribution in [3.8, 4) is 5.69 Å². The van der Waals surface area contributed by atoms with Crippen molar-refractivity contribution in [3.63, 3.8) is 0 Å². The minimum atomic E-state index is -4.70. The lowest BCUT2D eigenvalue weighted by molar-refractivity contribution is -0.137. The number of hydrogen-bond donors (Lipinski definition) is 0. The molecule has 4 aromatic rings. The van der Waals surface area contributed by atoms with Crippen molar-refractivity contribution in [3.05, 3.63) is 95.0 Å². The number of piperidine rings is 1. The molecule has 6 rings (SSSR count). The Hall–Kier alpha value is -4.17. The Balaban J connectivity index is 1.47. The first-order valence-electron chi connectivity index (χ1n) is 12.5. The van der Waals surface area contributed by atoms with Gasteiger partial charge in [-0.15, -0.1) is 0 Å². The van der Waals surface area contributed by atoms with Crippen molar-refractivity contribution in [1.82, 2.24) is 28.9 Å². The summed E-state index contributed by atoms with van der Waals surface area (Å²) in [5.41, 5.74) is -0.683. The second kappa shape index (κ2) is 9.45. The molecule has 1 aromatic carbocycles. The summed E-state index contributed by atoms with van der Waals surface area (Å²) in [5, 5.41) is 8.23. The largest absolute Gasteiger partial charge is 0.416 e. The van der Waals surface area contributed by atoms with Gasteiger partial charge in [0.05, 0.1) is 28.6 Å². The summed E-state index contributed by atoms with van der Waals surface area (Å²) < 4.78 is 85.2. The van der Waals surface area contributed by atoms with Crippen LogP contribution in [0.5, 0.6) is 0 Å². The van der Waals surface area contributed by atoms with Gasteiger partial charge >= 0.3 is 6.18 Å². The van der Waals surface area contributed by atoms with Crippen LogP contribution in [0.25, 0.3) is 11.8 Å². The Morgan fingerprint density at radius 3 is 2.54 bits per heavy atom. The molecule has 3 aromatic heterocycles. The Morgan fingerprint density at radius 2 is 1.85 bits per heavy atom. The normalized spacial score (nSPS) is 19.4. The number of ketones is 1. The number of benzene rings is 1. The van der Waals surface area contributed by atoms with Crippen LogP contribution in [0.4, 0.5) is 17.6 Å². The molecule has 2 aliphatic rings. The number of carbonyl (C=O) groups is 1. The van der Waals surface area contributed by atoms with Gasteiger partial charge in [0.1, 0.15) is 11.5 Å². The Kier molecular flexibility index (Phi) is 6.23. The number of rotatable bonds is 5. The highest BCUT2D eigenvalue weighted by Crippen LogP contribution is 2.47. The van der Waals surface area contributed by atoms with Crippen LogP contribution in [0, 0.1) is 11.2 Å². The number of fused-ring (bicyclic) bond motifs is 2. The lowest BCUT2D eigenvalue weighted by atomic mass is 9.65. The smallest absolute Gasteiger partial charge is 0.291 e. The van der Waals surface area contributed by atoms with E-state index in [1.54, 1.807) is 29.9 Å². The van der Waals surface area contributed by atoms with E-state index in [1.807, 2.05) is 0 Å². The van der Waals surface area contributed by atoms with Crippen LogP contribution in [0.3, 0.4) is 0 Å². The van der Waals surface area contributed by atoms with Crippen molar-refractivity contribution in [2.45, 2.75) is 24.0 Å². The summed E-state index contributed by atoms with van der Waals surface area (Å²) >= 11 is 0. The summed E-state index contributed by atoms with van der Waals surface area (Å²) in [6, 6.07) is 8.47. The highest BCUT2D eigenvalue weighted by molar-refractivity contribution is 7.89. The Labute approximate surface area is 231 Å². The van der Waals surface area contributed by atoms with Gasteiger partial charge in [-0.05, 0) is 66.9 Å². The fourth-order valence-corrected chi connectivity index (χ4v) is 6.90. The van der Waals surface area contributed by atoms with Crippen LogP contribution in [0.15, 0.2) is 71.7 Å². The van der Waals surface area contributed by atoms with Gasteiger partial charge in [-0.25, -0.2) is 17.5 Å². The number of aromatic nitrogens is 5. The topological polar surface area (TPSA) is 103 Å². The molecule has 14 heteroatoms. The maximum absolute atomic E-state index is 14.2. The Bertz CT molecular complexity index is 1810. The van der Waals surface area contributed by atoms with E-state index in [9.17, 15) is 30.8 Å². The number of hydrogen-bond acceptors (Lipinski definition) is 6. The molecule has 1 unspecified atom stereocenters. The average Bonchev–Trinajstić information content (AvgIpc) is 3.57. The van der Waals surface area contributed by atoms with Gasteiger partial charge in [0.2, 0.25) is 0 Å². The van der Waals surface area contributed by atoms with Gasteiger partial charge in [0.25, 0.3) is 10.0 Å². The van der Waals surface area contributed by atoms with Gasteiger partial charge in [-0.2, -0.15) is 27.7 Å². The summed E-state index contributed by atoms with van der Waals surface area (Å²) in [5.74, 6) is -1.15. The molecule has 212 valence electrons. The van der Waals surface area contributed by atoms with Crippen molar-refractivity contribution < 1.29 is 30.8 Å². The van der Waals surface area contributed by atoms with E-state index in [0.29, 0.717) is 28.6 Å². The predicted octanol–water partition coefficient (Wildman–Crippen LogP) is 4.06. The quantitative estimate of drug-likeness (QED) is 0.258. The highest BCUT2D eigenvalue weighted by Gasteiger charge is 2.52. The molecule has 0 radical (unpaired) electrons. The van der Waals surface area contributed by atoms with E-state index >= 15 is 0 Å². The molecule has 0 spiro atoms. The zero-order chi connectivity index (χ0) is 29.2. The van der Waals surface area contributed by atoms with Crippen LogP contribution in [0.1, 0.15) is 33.7 Å². The van der Waals surface area contributed by atoms with Crippen LogP contribution in [0.2, 0.25) is 0 Å². The van der Waals surface area contributed by atoms with Gasteiger partial charge in [-0.1, -0.05) is 5.57 Å². The molecule has 1 atom stereocenters. The SMILES string of the molecule is Cn1ccc(S(=O)(=O)N2CCC3=Cc4c(cnn4-c4ccc(F)cc4)CC3(C(=O)c3cc(C(F)(F)F)ccn3)C2)n1. The standard InChI is InChI=1S/C27H22F4N6O3S/c1-35-10-8-24(34-35)41(39,40)36-11-7-18-13-23-17(15-33-37(23)21-4-2-20(28)3-5-21)14-26(18,16-36)25(38)22-12-19(6-9-32-22)27(29,30)31/h2-6,8-10,12-13,15H,7,11,14,16H2,1H3. The molecular formula is C27H22F4N6O3S. The first-order valence-corrected chi connectivity index (χ1v) is 13.9. The van der Waals surface area contributed by atoms with Gasteiger partial charge in [0, 0.05) is 32.5 Å². The average molecular weight is 587 g/mol. The maximum Gasteiger partial charge on any atom is 0.416 e. The highest BCUT2D eigenvalue weighted by atomic mass is 32.2. The van der Waals surface area contributed by atoms with Crippen molar-refractivity contribution >= 4 is 21.9 Å². The number of halogens is 4. The number of alkyl halides is 3. The number of pyridine rings is 1. The summed E-state index contributed by atoms with van der Waals surface area (Å²) in [7, 11) is -2.56. The maximum atomic E-state index is 14.2. The van der Waals surface area contributed by atoms with Gasteiger partial charge < -0.3 is 0 Å². The minimum Gasteiger partial charge on any atom is -0.291 e. The van der Waals surface area contributed by atoms with Crippen LogP contribution < -0.4 is 0 Å². The lowest BCUT2D eigenvalue weighted by Crippen LogP contribution is -2.53. The van der Waals surface area contributed by atoms with Gasteiger partial charge in [0.15, 0.2) is 10.8 Å². The molecule has 0 amide bonds. The number of aryl methyl sites for hydroxylation is 1. The molecule has 1 aliphatic heterocycles. The van der Waals surface area contributed by atoms with E-state index in [4.69, 9.17) is 0 Å². The monoisotopic (exact) mass is 586 g/mol. The van der Waals surface area contributed by atoms with Crippen LogP contribution in [-0.4, -0.2) is 56.1 Å². The van der Waals surface area contributed by atoms with Crippen LogP contribution in [-0.2, 0) is 29.7 Å². The molecule has 0 N–H and O–H groups in total. The number of carbonyl (C=O) groups excluding carboxylic acids is 1. The molecular weight excluding hydrogens is 564 g/mol. The summed E-state index contributed by atoms with van der Waals surface area (Å²) in [4.78, 5) is 18.2. The number of sulfonamides is 1. The molecule has 41 heavy (non-hydrogen) atoms. The fraction of sp³-hybridized carbons (Fsp3) is 0.259. The van der Waals surface area contributed by atoms with Crippen molar-refractivity contribution in [2.75, 3.05) is 13.1 Å². The molecule has 9 nitrogen and oxygen atoms in total. The molecule has 1 aliphatic carbocycles. The first-order chi connectivity index (χ1) is 19.4. The fourth-order valence-electron chi connectivity index (χ4n) is 5.45. The van der Waals surface area contributed by atoms with E-state index < -0.39 is 44.5 Å². The van der Waals surface area contributed by atoms with Crippen LogP contribution >= 0.6 is 0 Å². The second-order valence-corrected chi connectivity index (χ2v) is 11.9. The summed E-state index contributed by atoms with van der Waals surface area (Å²) in [6.45, 7) is -0.300. The van der Waals surface area contributed by atoms with E-state index in [0.717, 1.165) is 16.6 Å². The Morgan fingerprint density at radius 1 is 1.10 bits per heavy atom. The van der Waals surface area contributed by atoms with E-state index in [2.05, 4.69) is 15.2 Å². The molecule has 0 bridgehead atoms. The van der Waals surface area contributed by atoms with Crippen molar-refractivity contribution in [1.29, 1.82) is 0 Å². The molecule has 4 heterocycles. The predicted molar refractivity (Wildman–Crippen MR) is 138 cm³/mol. The third-order valence-electron chi connectivity index (χ3n) is 7.50. The number of Topliss-reactive ketones (excluding diaryl/α,β-unsaturated/α-hetero) is 1. The van der Waals surface area contributed by atoms with Gasteiger partial charge in [-0.3, -0.25) is 14.5 Å². The zero-order valence-electron chi connectivity index (χ0n) is 21.5.